The second kappa shape index (κ2) is 25.2. The molecule has 0 amide bonds. The van der Waals surface area contributed by atoms with Gasteiger partial charge in [0.05, 0.1) is 6.34 Å². The van der Waals surface area contributed by atoms with Crippen LogP contribution in [-0.2, 0) is 0 Å². The maximum atomic E-state index is 5.86. The van der Waals surface area contributed by atoms with Gasteiger partial charge in [0.2, 0.25) is 0 Å². The van der Waals surface area contributed by atoms with Crippen LogP contribution < -0.4 is 11.1 Å². The lowest BCUT2D eigenvalue weighted by atomic mass is 10.7. The van der Waals surface area contributed by atoms with Gasteiger partial charge in [0.25, 0.3) is 0 Å². The van der Waals surface area contributed by atoms with Crippen LogP contribution in [0.25, 0.3) is 0 Å². The zero-order valence-electron chi connectivity index (χ0n) is 5.98. The van der Waals surface area contributed by atoms with E-state index in [-0.39, 0.29) is 12.4 Å². The minimum atomic E-state index is 0. The highest BCUT2D eigenvalue weighted by atomic mass is 35.5. The van der Waals surface area contributed by atoms with E-state index in [0.29, 0.717) is 0 Å². The molecule has 3 nitrogen and oxygen atoms in total. The maximum absolute atomic E-state index is 5.86. The van der Waals surface area contributed by atoms with E-state index in [1.165, 1.54) is 0 Å². The standard InChI is InChI=1S/C4H11N.CH4N2.ClH/c1-3-5-4-2;2-1-3;/h5H,3-4H2,1-2H3;1H,(H3,2,3);1H. The highest BCUT2D eigenvalue weighted by Gasteiger charge is 1.62. The number of hydrogen-bond donors (Lipinski definition) is 3. The smallest absolute Gasteiger partial charge is 0.0765 e. The van der Waals surface area contributed by atoms with Gasteiger partial charge in [-0.1, -0.05) is 13.8 Å². The molecule has 58 valence electrons. The summed E-state index contributed by atoms with van der Waals surface area (Å²) in [6, 6.07) is 0. The average Bonchev–Trinajstić information content (AvgIpc) is 1.71. The number of nitrogens with two attached hydrogens (primary N) is 1. The van der Waals surface area contributed by atoms with E-state index in [4.69, 9.17) is 5.41 Å². The predicted molar refractivity (Wildman–Crippen MR) is 44.4 cm³/mol. The van der Waals surface area contributed by atoms with Crippen molar-refractivity contribution in [3.05, 3.63) is 0 Å². The molecule has 0 bridgehead atoms. The third kappa shape index (κ3) is 85.4. The number of hydrogen-bond acceptors (Lipinski definition) is 2. The van der Waals surface area contributed by atoms with Crippen LogP contribution in [0.5, 0.6) is 0 Å². The highest BCUT2D eigenvalue weighted by Crippen LogP contribution is 1.47. The zero-order valence-corrected chi connectivity index (χ0v) is 6.79. The van der Waals surface area contributed by atoms with Crippen LogP contribution in [0.1, 0.15) is 13.8 Å². The fourth-order valence-corrected chi connectivity index (χ4v) is 0.250. The molecular formula is C5H16ClN3. The van der Waals surface area contributed by atoms with E-state index in [2.05, 4.69) is 24.9 Å². The molecule has 9 heavy (non-hydrogen) atoms. The molecule has 0 atom stereocenters. The molecule has 0 aromatic heterocycles. The Kier molecular flexibility index (Phi) is 44.5. The Hall–Kier alpha value is -0.280. The van der Waals surface area contributed by atoms with Crippen LogP contribution in [0, 0.1) is 5.41 Å². The van der Waals surface area contributed by atoms with Crippen molar-refractivity contribution in [1.82, 2.24) is 5.32 Å². The Labute approximate surface area is 62.9 Å². The third-order valence-electron chi connectivity index (χ3n) is 0.500. The first kappa shape index (κ1) is 15.9. The maximum Gasteiger partial charge on any atom is 0.0765 e. The van der Waals surface area contributed by atoms with Gasteiger partial charge in [-0.05, 0) is 13.1 Å². The van der Waals surface area contributed by atoms with E-state index in [0.717, 1.165) is 19.4 Å². The van der Waals surface area contributed by atoms with Crippen molar-refractivity contribution >= 4 is 18.7 Å². The molecule has 0 radical (unpaired) electrons. The Balaban J connectivity index is -0.0000000800. The van der Waals surface area contributed by atoms with Gasteiger partial charge >= 0.3 is 0 Å². The van der Waals surface area contributed by atoms with Crippen molar-refractivity contribution in [3.8, 4) is 0 Å². The lowest BCUT2D eigenvalue weighted by molar-refractivity contribution is 0.762. The average molecular weight is 154 g/mol. The molecule has 0 aromatic carbocycles. The van der Waals surface area contributed by atoms with E-state index in [1.807, 2.05) is 0 Å². The lowest BCUT2D eigenvalue weighted by Gasteiger charge is -1.86. The van der Waals surface area contributed by atoms with Gasteiger partial charge < -0.3 is 11.1 Å². The van der Waals surface area contributed by atoms with Gasteiger partial charge in [-0.2, -0.15) is 0 Å². The minimum Gasteiger partial charge on any atom is -0.390 e. The van der Waals surface area contributed by atoms with Gasteiger partial charge in [-0.25, -0.2) is 0 Å². The molecule has 0 heterocycles. The summed E-state index contributed by atoms with van der Waals surface area (Å²) in [5.41, 5.74) is 4.39. The first-order valence-electron chi connectivity index (χ1n) is 2.74. The third-order valence-corrected chi connectivity index (χ3v) is 0.500. The molecule has 0 aliphatic heterocycles. The van der Waals surface area contributed by atoms with Crippen LogP contribution in [0.3, 0.4) is 0 Å². The largest absolute Gasteiger partial charge is 0.390 e. The van der Waals surface area contributed by atoms with Crippen molar-refractivity contribution in [2.45, 2.75) is 13.8 Å². The molecule has 0 saturated carbocycles. The van der Waals surface area contributed by atoms with Crippen LogP contribution in [0.2, 0.25) is 0 Å². The number of nitrogens with one attached hydrogen (secondary N) is 2. The second-order valence-electron chi connectivity index (χ2n) is 1.12. The van der Waals surface area contributed by atoms with Crippen molar-refractivity contribution in [1.29, 1.82) is 5.41 Å². The summed E-state index contributed by atoms with van der Waals surface area (Å²) >= 11 is 0. The van der Waals surface area contributed by atoms with Crippen LogP contribution in [0.4, 0.5) is 0 Å². The summed E-state index contributed by atoms with van der Waals surface area (Å²) in [5.74, 6) is 0. The van der Waals surface area contributed by atoms with Gasteiger partial charge in [-0.3, -0.25) is 5.41 Å². The first-order chi connectivity index (χ1) is 3.83. The van der Waals surface area contributed by atoms with Gasteiger partial charge in [0.1, 0.15) is 0 Å². The Morgan fingerprint density at radius 1 is 1.44 bits per heavy atom. The molecule has 4 heteroatoms. The molecular weight excluding hydrogens is 138 g/mol. The summed E-state index contributed by atoms with van der Waals surface area (Å²) < 4.78 is 0. The fourth-order valence-electron chi connectivity index (χ4n) is 0.250. The SMILES string of the molecule is CCNCC.Cl.N=CN. The Morgan fingerprint density at radius 2 is 1.67 bits per heavy atom. The molecule has 0 saturated heterocycles. The fraction of sp³-hybridized carbons (Fsp3) is 0.800. The minimum absolute atomic E-state index is 0. The van der Waals surface area contributed by atoms with Crippen molar-refractivity contribution < 1.29 is 0 Å². The van der Waals surface area contributed by atoms with Crippen molar-refractivity contribution in [2.75, 3.05) is 13.1 Å². The van der Waals surface area contributed by atoms with Gasteiger partial charge in [-0.15, -0.1) is 12.4 Å². The van der Waals surface area contributed by atoms with Crippen LogP contribution in [0.15, 0.2) is 0 Å². The van der Waals surface area contributed by atoms with E-state index >= 15 is 0 Å². The van der Waals surface area contributed by atoms with Gasteiger partial charge in [0, 0.05) is 0 Å². The van der Waals surface area contributed by atoms with Crippen molar-refractivity contribution in [2.24, 2.45) is 5.73 Å². The van der Waals surface area contributed by atoms with Gasteiger partial charge in [0.15, 0.2) is 0 Å². The topological polar surface area (TPSA) is 61.9 Å². The monoisotopic (exact) mass is 153 g/mol. The molecule has 0 spiro atoms. The molecule has 0 aliphatic carbocycles. The quantitative estimate of drug-likeness (QED) is 0.402. The molecule has 0 aliphatic rings. The Morgan fingerprint density at radius 3 is 1.67 bits per heavy atom. The molecule has 0 fully saturated rings. The molecule has 0 unspecified atom stereocenters. The van der Waals surface area contributed by atoms with E-state index in [1.54, 1.807) is 0 Å². The van der Waals surface area contributed by atoms with E-state index < -0.39 is 0 Å². The molecule has 0 aromatic rings. The second-order valence-corrected chi connectivity index (χ2v) is 1.12. The predicted octanol–water partition coefficient (Wildman–Crippen LogP) is 0.590. The van der Waals surface area contributed by atoms with E-state index in [9.17, 15) is 0 Å². The Bertz CT molecular complexity index is 39.2. The highest BCUT2D eigenvalue weighted by molar-refractivity contribution is 5.85. The molecule has 4 N–H and O–H groups in total. The summed E-state index contributed by atoms with van der Waals surface area (Å²) in [6.07, 6.45) is 0.750. The summed E-state index contributed by atoms with van der Waals surface area (Å²) in [4.78, 5) is 0. The summed E-state index contributed by atoms with van der Waals surface area (Å²) in [5, 5.41) is 8.97. The summed E-state index contributed by atoms with van der Waals surface area (Å²) in [6.45, 7) is 6.39. The first-order valence-corrected chi connectivity index (χ1v) is 2.74. The van der Waals surface area contributed by atoms with Crippen LogP contribution in [-0.4, -0.2) is 19.4 Å². The number of rotatable bonds is 2. The molecule has 0 rings (SSSR count). The van der Waals surface area contributed by atoms with Crippen molar-refractivity contribution in [3.63, 3.8) is 0 Å². The normalized spacial score (nSPS) is 6.00. The zero-order chi connectivity index (χ0) is 6.83. The number of halogens is 1. The van der Waals surface area contributed by atoms with Crippen LogP contribution >= 0.6 is 12.4 Å². The summed E-state index contributed by atoms with van der Waals surface area (Å²) in [7, 11) is 0. The lowest BCUT2D eigenvalue weighted by Crippen LogP contribution is -2.09.